The van der Waals surface area contributed by atoms with Gasteiger partial charge in [-0.2, -0.15) is 0 Å². The van der Waals surface area contributed by atoms with E-state index < -0.39 is 0 Å². The summed E-state index contributed by atoms with van der Waals surface area (Å²) in [5.41, 5.74) is 1.29. The predicted molar refractivity (Wildman–Crippen MR) is 80.6 cm³/mol. The van der Waals surface area contributed by atoms with Gasteiger partial charge in [-0.05, 0) is 44.4 Å². The molecule has 1 fully saturated rings. The summed E-state index contributed by atoms with van der Waals surface area (Å²) in [5, 5.41) is 8.95. The van der Waals surface area contributed by atoms with Crippen LogP contribution in [0.1, 0.15) is 25.7 Å². The number of likely N-dealkylation sites (N-methyl/N-ethyl adjacent to an activating group) is 1. The van der Waals surface area contributed by atoms with Gasteiger partial charge in [-0.3, -0.25) is 4.90 Å². The molecular weight excluding hydrogens is 236 g/mol. The molecule has 1 saturated heterocycles. The number of nitrogens with zero attached hydrogens (tertiary/aromatic N) is 2. The number of aliphatic hydroxyl groups is 1. The smallest absolute Gasteiger partial charge is 0.0431 e. The number of benzene rings is 1. The number of likely N-dealkylation sites (tertiary alicyclic amines) is 1. The highest BCUT2D eigenvalue weighted by Gasteiger charge is 2.23. The molecule has 0 aromatic heterocycles. The van der Waals surface area contributed by atoms with Crippen LogP contribution in [0.3, 0.4) is 0 Å². The van der Waals surface area contributed by atoms with Crippen molar-refractivity contribution in [3.63, 3.8) is 0 Å². The summed E-state index contributed by atoms with van der Waals surface area (Å²) in [6, 6.07) is 11.2. The van der Waals surface area contributed by atoms with Crippen LogP contribution in [0, 0.1) is 0 Å². The maximum absolute atomic E-state index is 8.95. The lowest BCUT2D eigenvalue weighted by molar-refractivity contribution is 0.219. The van der Waals surface area contributed by atoms with Gasteiger partial charge in [0.1, 0.15) is 0 Å². The van der Waals surface area contributed by atoms with Gasteiger partial charge in [-0.1, -0.05) is 18.2 Å². The molecule has 106 valence electrons. The lowest BCUT2D eigenvalue weighted by atomic mass is 10.1. The number of para-hydroxylation sites is 1. The molecule has 3 nitrogen and oxygen atoms in total. The van der Waals surface area contributed by atoms with Crippen LogP contribution in [-0.4, -0.2) is 49.3 Å². The molecule has 1 heterocycles. The average molecular weight is 262 g/mol. The van der Waals surface area contributed by atoms with Crippen LogP contribution in [0.4, 0.5) is 5.69 Å². The zero-order valence-corrected chi connectivity index (χ0v) is 12.0. The molecule has 1 aliphatic rings. The Bertz CT molecular complexity index is 355. The minimum atomic E-state index is 0.328. The van der Waals surface area contributed by atoms with Crippen LogP contribution < -0.4 is 4.90 Å². The van der Waals surface area contributed by atoms with E-state index in [2.05, 4.69) is 47.2 Å². The molecule has 0 amide bonds. The standard InChI is InChI=1S/C16H26N2O/c1-17(15-7-3-2-4-8-15)12-13-18-11-5-9-16(18)10-6-14-19/h2-4,7-8,16,19H,5-6,9-14H2,1H3/t16-/m0/s1. The van der Waals surface area contributed by atoms with Gasteiger partial charge < -0.3 is 10.0 Å². The van der Waals surface area contributed by atoms with Crippen LogP contribution in [0.5, 0.6) is 0 Å². The van der Waals surface area contributed by atoms with Gasteiger partial charge in [-0.25, -0.2) is 0 Å². The molecule has 0 unspecified atom stereocenters. The molecule has 1 aromatic carbocycles. The van der Waals surface area contributed by atoms with E-state index in [4.69, 9.17) is 5.11 Å². The van der Waals surface area contributed by atoms with Crippen molar-refractivity contribution in [2.45, 2.75) is 31.7 Å². The van der Waals surface area contributed by atoms with Crippen molar-refractivity contribution < 1.29 is 5.11 Å². The van der Waals surface area contributed by atoms with Crippen LogP contribution >= 0.6 is 0 Å². The van der Waals surface area contributed by atoms with Gasteiger partial charge in [-0.15, -0.1) is 0 Å². The zero-order chi connectivity index (χ0) is 13.5. The second-order valence-electron chi connectivity index (χ2n) is 5.45. The fourth-order valence-corrected chi connectivity index (χ4v) is 2.93. The Morgan fingerprint density at radius 3 is 2.84 bits per heavy atom. The van der Waals surface area contributed by atoms with E-state index in [9.17, 15) is 0 Å². The third kappa shape index (κ3) is 4.22. The van der Waals surface area contributed by atoms with Crippen LogP contribution in [-0.2, 0) is 0 Å². The monoisotopic (exact) mass is 262 g/mol. The van der Waals surface area contributed by atoms with Gasteiger partial charge in [0.2, 0.25) is 0 Å². The molecule has 19 heavy (non-hydrogen) atoms. The lowest BCUT2D eigenvalue weighted by Crippen LogP contribution is -2.36. The molecule has 0 spiro atoms. The molecule has 1 atom stereocenters. The zero-order valence-electron chi connectivity index (χ0n) is 12.0. The highest BCUT2D eigenvalue weighted by Crippen LogP contribution is 2.21. The summed E-state index contributed by atoms with van der Waals surface area (Å²) < 4.78 is 0. The van der Waals surface area contributed by atoms with Crippen molar-refractivity contribution in [1.82, 2.24) is 4.90 Å². The molecule has 0 aliphatic carbocycles. The largest absolute Gasteiger partial charge is 0.396 e. The predicted octanol–water partition coefficient (Wildman–Crippen LogP) is 2.36. The normalized spacial score (nSPS) is 19.8. The first-order valence-electron chi connectivity index (χ1n) is 7.42. The van der Waals surface area contributed by atoms with E-state index in [1.165, 1.54) is 25.1 Å². The number of rotatable bonds is 7. The Kier molecular flexibility index (Phi) is 5.67. The summed E-state index contributed by atoms with van der Waals surface area (Å²) in [4.78, 5) is 4.91. The molecule has 3 heteroatoms. The van der Waals surface area contributed by atoms with Gasteiger partial charge in [0.05, 0.1) is 0 Å². The second kappa shape index (κ2) is 7.51. The minimum absolute atomic E-state index is 0.328. The Morgan fingerprint density at radius 2 is 2.11 bits per heavy atom. The maximum atomic E-state index is 8.95. The van der Waals surface area contributed by atoms with Crippen LogP contribution in [0.15, 0.2) is 30.3 Å². The van der Waals surface area contributed by atoms with Gasteiger partial charge in [0, 0.05) is 38.5 Å². The molecule has 0 radical (unpaired) electrons. The first-order chi connectivity index (χ1) is 9.31. The van der Waals surface area contributed by atoms with Gasteiger partial charge in [0.15, 0.2) is 0 Å². The van der Waals surface area contributed by atoms with Gasteiger partial charge in [0.25, 0.3) is 0 Å². The van der Waals surface area contributed by atoms with E-state index in [1.54, 1.807) is 0 Å². The number of anilines is 1. The van der Waals surface area contributed by atoms with Crippen molar-refractivity contribution in [2.24, 2.45) is 0 Å². The van der Waals surface area contributed by atoms with Crippen molar-refractivity contribution in [2.75, 3.05) is 38.2 Å². The molecule has 0 bridgehead atoms. The van der Waals surface area contributed by atoms with E-state index in [1.807, 2.05) is 0 Å². The van der Waals surface area contributed by atoms with Crippen molar-refractivity contribution >= 4 is 5.69 Å². The average Bonchev–Trinajstić information content (AvgIpc) is 2.91. The summed E-state index contributed by atoms with van der Waals surface area (Å²) >= 11 is 0. The Morgan fingerprint density at radius 1 is 1.32 bits per heavy atom. The quantitative estimate of drug-likeness (QED) is 0.817. The summed E-state index contributed by atoms with van der Waals surface area (Å²) in [5.74, 6) is 0. The van der Waals surface area contributed by atoms with E-state index in [0.29, 0.717) is 12.6 Å². The van der Waals surface area contributed by atoms with Gasteiger partial charge >= 0.3 is 0 Å². The Labute approximate surface area is 116 Å². The van der Waals surface area contributed by atoms with Crippen molar-refractivity contribution in [1.29, 1.82) is 0 Å². The molecule has 1 aromatic rings. The number of hydrogen-bond donors (Lipinski definition) is 1. The first-order valence-corrected chi connectivity index (χ1v) is 7.42. The maximum Gasteiger partial charge on any atom is 0.0431 e. The van der Waals surface area contributed by atoms with E-state index in [-0.39, 0.29) is 0 Å². The Hall–Kier alpha value is -1.06. The van der Waals surface area contributed by atoms with Crippen molar-refractivity contribution in [3.8, 4) is 0 Å². The third-order valence-electron chi connectivity index (χ3n) is 4.11. The summed E-state index contributed by atoms with van der Waals surface area (Å²) in [6.07, 6.45) is 4.70. The van der Waals surface area contributed by atoms with Crippen LogP contribution in [0.25, 0.3) is 0 Å². The summed E-state index contributed by atoms with van der Waals surface area (Å²) in [6.45, 7) is 3.74. The fraction of sp³-hybridized carbons (Fsp3) is 0.625. The topological polar surface area (TPSA) is 26.7 Å². The molecular formula is C16H26N2O. The first kappa shape index (κ1) is 14.4. The molecule has 1 aliphatic heterocycles. The highest BCUT2D eigenvalue weighted by atomic mass is 16.2. The second-order valence-corrected chi connectivity index (χ2v) is 5.45. The number of hydrogen-bond acceptors (Lipinski definition) is 3. The van der Waals surface area contributed by atoms with Crippen molar-refractivity contribution in [3.05, 3.63) is 30.3 Å². The molecule has 0 saturated carbocycles. The van der Waals surface area contributed by atoms with E-state index in [0.717, 1.165) is 25.9 Å². The molecule has 2 rings (SSSR count). The fourth-order valence-electron chi connectivity index (χ4n) is 2.93. The highest BCUT2D eigenvalue weighted by molar-refractivity contribution is 5.44. The molecule has 1 N–H and O–H groups in total. The third-order valence-corrected chi connectivity index (χ3v) is 4.11. The lowest BCUT2D eigenvalue weighted by Gasteiger charge is -2.27. The minimum Gasteiger partial charge on any atom is -0.396 e. The number of aliphatic hydroxyl groups excluding tert-OH is 1. The summed E-state index contributed by atoms with van der Waals surface area (Å²) in [7, 11) is 2.16. The SMILES string of the molecule is CN(CCN1CCC[C@H]1CCCO)c1ccccc1. The van der Waals surface area contributed by atoms with Crippen LogP contribution in [0.2, 0.25) is 0 Å². The Balaban J connectivity index is 1.78. The van der Waals surface area contributed by atoms with E-state index >= 15 is 0 Å².